The fourth-order valence-corrected chi connectivity index (χ4v) is 3.99. The second-order valence-corrected chi connectivity index (χ2v) is 8.21. The van der Waals surface area contributed by atoms with Gasteiger partial charge in [0.25, 0.3) is 0 Å². The molecule has 0 spiro atoms. The van der Waals surface area contributed by atoms with Gasteiger partial charge < -0.3 is 25.2 Å². The first-order valence-corrected chi connectivity index (χ1v) is 11.1. The van der Waals surface area contributed by atoms with Crippen molar-refractivity contribution >= 4 is 11.8 Å². The zero-order valence-corrected chi connectivity index (χ0v) is 18.9. The van der Waals surface area contributed by atoms with Crippen LogP contribution < -0.4 is 20.3 Å². The molecular formula is C24H35N5O2. The minimum atomic E-state index is -0.185. The molecule has 2 heterocycles. The van der Waals surface area contributed by atoms with E-state index in [0.717, 1.165) is 35.8 Å². The van der Waals surface area contributed by atoms with E-state index in [0.29, 0.717) is 13.1 Å². The van der Waals surface area contributed by atoms with Crippen molar-refractivity contribution in [3.05, 3.63) is 53.7 Å². The molecule has 0 bridgehead atoms. The third-order valence-electron chi connectivity index (χ3n) is 5.77. The van der Waals surface area contributed by atoms with Crippen LogP contribution in [-0.2, 0) is 6.54 Å². The van der Waals surface area contributed by atoms with Crippen LogP contribution in [0.15, 0.2) is 42.6 Å². The number of para-hydroxylation sites is 1. The van der Waals surface area contributed by atoms with Gasteiger partial charge in [-0.3, -0.25) is 0 Å². The maximum absolute atomic E-state index is 12.5. The maximum Gasteiger partial charge on any atom is 0.315 e. The predicted molar refractivity (Wildman–Crippen MR) is 125 cm³/mol. The minimum absolute atomic E-state index is 0.0115. The molecule has 7 heteroatoms. The van der Waals surface area contributed by atoms with Crippen LogP contribution in [-0.4, -0.2) is 56.8 Å². The van der Waals surface area contributed by atoms with E-state index in [1.807, 2.05) is 50.6 Å². The number of rotatable bonds is 8. The molecule has 1 aliphatic heterocycles. The number of aromatic nitrogens is 1. The number of amides is 2. The molecule has 1 unspecified atom stereocenters. The summed E-state index contributed by atoms with van der Waals surface area (Å²) in [5.41, 5.74) is 2.10. The topological polar surface area (TPSA) is 69.7 Å². The van der Waals surface area contributed by atoms with E-state index in [4.69, 9.17) is 4.74 Å². The van der Waals surface area contributed by atoms with Crippen molar-refractivity contribution in [1.82, 2.24) is 20.5 Å². The van der Waals surface area contributed by atoms with Gasteiger partial charge in [-0.25, -0.2) is 9.78 Å². The van der Waals surface area contributed by atoms with Crippen molar-refractivity contribution in [2.75, 3.05) is 45.7 Å². The summed E-state index contributed by atoms with van der Waals surface area (Å²) in [6.45, 7) is 3.06. The van der Waals surface area contributed by atoms with E-state index in [1.165, 1.54) is 25.7 Å². The second kappa shape index (κ2) is 11.6. The number of hydrogen-bond donors (Lipinski definition) is 2. The Balaban J connectivity index is 1.54. The van der Waals surface area contributed by atoms with Crippen molar-refractivity contribution < 1.29 is 9.53 Å². The number of hydrogen-bond acceptors (Lipinski definition) is 5. The molecule has 7 nitrogen and oxygen atoms in total. The lowest BCUT2D eigenvalue weighted by Crippen LogP contribution is -2.40. The summed E-state index contributed by atoms with van der Waals surface area (Å²) in [5.74, 6) is 1.83. The van der Waals surface area contributed by atoms with Crippen LogP contribution in [0, 0.1) is 0 Å². The third kappa shape index (κ3) is 6.59. The largest absolute Gasteiger partial charge is 0.496 e. The van der Waals surface area contributed by atoms with Crippen molar-refractivity contribution in [2.24, 2.45) is 0 Å². The maximum atomic E-state index is 12.5. The first-order chi connectivity index (χ1) is 15.1. The lowest BCUT2D eigenvalue weighted by Gasteiger charge is -2.26. The Morgan fingerprint density at radius 2 is 1.87 bits per heavy atom. The summed E-state index contributed by atoms with van der Waals surface area (Å²) in [7, 11) is 5.66. The number of methoxy groups -OCH3 is 1. The van der Waals surface area contributed by atoms with Gasteiger partial charge in [0, 0.05) is 37.9 Å². The Kier molecular flexibility index (Phi) is 8.53. The average Bonchev–Trinajstić information content (AvgIpc) is 3.08. The van der Waals surface area contributed by atoms with Crippen LogP contribution in [0.3, 0.4) is 0 Å². The van der Waals surface area contributed by atoms with Crippen LogP contribution in [0.2, 0.25) is 0 Å². The van der Waals surface area contributed by atoms with Gasteiger partial charge in [0.15, 0.2) is 0 Å². The Bertz CT molecular complexity index is 834. The average molecular weight is 426 g/mol. The molecule has 0 saturated carbocycles. The quantitative estimate of drug-likeness (QED) is 0.677. The Hall–Kier alpha value is -2.80. The molecule has 3 rings (SSSR count). The Morgan fingerprint density at radius 1 is 1.13 bits per heavy atom. The van der Waals surface area contributed by atoms with Gasteiger partial charge in [0.2, 0.25) is 0 Å². The highest BCUT2D eigenvalue weighted by molar-refractivity contribution is 5.74. The van der Waals surface area contributed by atoms with Crippen molar-refractivity contribution in [1.29, 1.82) is 0 Å². The summed E-state index contributed by atoms with van der Waals surface area (Å²) in [5, 5.41) is 5.97. The molecule has 1 atom stereocenters. The fraction of sp³-hybridized carbons (Fsp3) is 0.500. The third-order valence-corrected chi connectivity index (χ3v) is 5.77. The smallest absolute Gasteiger partial charge is 0.315 e. The number of likely N-dealkylation sites (N-methyl/N-ethyl adjacent to an activating group) is 1. The number of pyridine rings is 1. The van der Waals surface area contributed by atoms with Crippen LogP contribution in [0.25, 0.3) is 0 Å². The van der Waals surface area contributed by atoms with E-state index in [-0.39, 0.29) is 12.1 Å². The van der Waals surface area contributed by atoms with Gasteiger partial charge >= 0.3 is 6.03 Å². The Morgan fingerprint density at radius 3 is 2.58 bits per heavy atom. The van der Waals surface area contributed by atoms with Gasteiger partial charge in [-0.15, -0.1) is 0 Å². The van der Waals surface area contributed by atoms with Crippen LogP contribution in [0.1, 0.15) is 42.9 Å². The summed E-state index contributed by atoms with van der Waals surface area (Å²) in [6.07, 6.45) is 6.85. The highest BCUT2D eigenvalue weighted by Gasteiger charge is 2.19. The van der Waals surface area contributed by atoms with E-state index < -0.39 is 0 Å². The first-order valence-electron chi connectivity index (χ1n) is 11.1. The highest BCUT2D eigenvalue weighted by Crippen LogP contribution is 2.27. The number of anilines is 1. The summed E-state index contributed by atoms with van der Waals surface area (Å²) < 4.78 is 5.49. The standard InChI is InChI=1S/C24H35N5O2/c1-28(2)21(20-10-6-7-11-22(20)31-3)18-27-24(30)26-17-19-12-13-25-23(16-19)29-14-8-4-5-9-15-29/h6-7,10-13,16,21H,4-5,8-9,14-15,17-18H2,1-3H3,(H2,26,27,30). The predicted octanol–water partition coefficient (Wildman–Crippen LogP) is 3.57. The van der Waals surface area contributed by atoms with Crippen LogP contribution in [0.4, 0.5) is 10.6 Å². The number of benzene rings is 1. The lowest BCUT2D eigenvalue weighted by atomic mass is 10.0. The molecule has 1 aromatic heterocycles. The first kappa shape index (κ1) is 22.9. The number of nitrogens with one attached hydrogen (secondary N) is 2. The second-order valence-electron chi connectivity index (χ2n) is 8.21. The normalized spacial score (nSPS) is 15.3. The van der Waals surface area contributed by atoms with Gasteiger partial charge in [-0.2, -0.15) is 0 Å². The van der Waals surface area contributed by atoms with Gasteiger partial charge in [0.05, 0.1) is 13.2 Å². The molecule has 2 aromatic rings. The number of nitrogens with zero attached hydrogens (tertiary/aromatic N) is 3. The van der Waals surface area contributed by atoms with E-state index in [2.05, 4.69) is 31.5 Å². The molecule has 0 aliphatic carbocycles. The van der Waals surface area contributed by atoms with Crippen molar-refractivity contribution in [3.8, 4) is 5.75 Å². The van der Waals surface area contributed by atoms with Crippen LogP contribution in [0.5, 0.6) is 5.75 Å². The molecule has 2 amide bonds. The van der Waals surface area contributed by atoms with Crippen molar-refractivity contribution in [2.45, 2.75) is 38.3 Å². The van der Waals surface area contributed by atoms with E-state index in [1.54, 1.807) is 7.11 Å². The molecule has 1 saturated heterocycles. The number of carbonyl (C=O) groups excluding carboxylic acids is 1. The van der Waals surface area contributed by atoms with Gasteiger partial charge in [-0.05, 0) is 50.7 Å². The van der Waals surface area contributed by atoms with E-state index >= 15 is 0 Å². The highest BCUT2D eigenvalue weighted by atomic mass is 16.5. The summed E-state index contributed by atoms with van der Waals surface area (Å²) in [6, 6.07) is 11.8. The molecule has 168 valence electrons. The van der Waals surface area contributed by atoms with Crippen molar-refractivity contribution in [3.63, 3.8) is 0 Å². The molecular weight excluding hydrogens is 390 g/mol. The summed E-state index contributed by atoms with van der Waals surface area (Å²) in [4.78, 5) is 21.4. The molecule has 1 aliphatic rings. The fourth-order valence-electron chi connectivity index (χ4n) is 3.99. The lowest BCUT2D eigenvalue weighted by molar-refractivity contribution is 0.231. The molecule has 1 aromatic carbocycles. The number of carbonyl (C=O) groups is 1. The SMILES string of the molecule is COc1ccccc1C(CNC(=O)NCc1ccnc(N2CCCCCC2)c1)N(C)C. The minimum Gasteiger partial charge on any atom is -0.496 e. The van der Waals surface area contributed by atoms with Gasteiger partial charge in [-0.1, -0.05) is 31.0 Å². The monoisotopic (exact) mass is 425 g/mol. The van der Waals surface area contributed by atoms with Crippen LogP contribution >= 0.6 is 0 Å². The zero-order chi connectivity index (χ0) is 22.1. The molecule has 31 heavy (non-hydrogen) atoms. The molecule has 0 radical (unpaired) electrons. The molecule has 1 fully saturated rings. The van der Waals surface area contributed by atoms with E-state index in [9.17, 15) is 4.79 Å². The molecule has 2 N–H and O–H groups in total. The summed E-state index contributed by atoms with van der Waals surface area (Å²) >= 11 is 0. The zero-order valence-electron chi connectivity index (χ0n) is 18.9. The Labute approximate surface area is 185 Å². The van der Waals surface area contributed by atoms with Gasteiger partial charge in [0.1, 0.15) is 11.6 Å². The number of ether oxygens (including phenoxy) is 1. The number of urea groups is 1.